The van der Waals surface area contributed by atoms with Crippen LogP contribution in [-0.4, -0.2) is 74.3 Å². The van der Waals surface area contributed by atoms with Crippen molar-refractivity contribution >= 4 is 22.8 Å². The number of hydrogen-bond acceptors (Lipinski definition) is 8. The van der Waals surface area contributed by atoms with Crippen molar-refractivity contribution in [3.63, 3.8) is 0 Å². The Labute approximate surface area is 235 Å². The standard InChI is InChI=1S/C28H30ClF2N7O2/c1-28(5-6-28)40-27-23-26(34-17-35-27)38(16-19-14-18(24(30)31)4-7-33-19)25(36-23)21-3-2-20(15-22(21)29)39-13-12-37-10-8-32-9-11-37/h2-4,7,14-15,17,24,32H,5-6,8-13,16H2,1H3. The minimum atomic E-state index is -2.60. The van der Waals surface area contributed by atoms with Crippen LogP contribution >= 0.6 is 11.6 Å². The Hall–Kier alpha value is -3.41. The van der Waals surface area contributed by atoms with Gasteiger partial charge in [-0.1, -0.05) is 11.6 Å². The Morgan fingerprint density at radius 3 is 2.67 bits per heavy atom. The fourth-order valence-corrected chi connectivity index (χ4v) is 4.99. The molecule has 1 aliphatic carbocycles. The number of aromatic nitrogens is 5. The number of nitrogens with one attached hydrogen (secondary N) is 1. The van der Waals surface area contributed by atoms with Crippen molar-refractivity contribution in [1.29, 1.82) is 0 Å². The van der Waals surface area contributed by atoms with Gasteiger partial charge in [-0.2, -0.15) is 4.98 Å². The van der Waals surface area contributed by atoms with E-state index in [2.05, 4.69) is 25.2 Å². The van der Waals surface area contributed by atoms with Gasteiger partial charge in [0.25, 0.3) is 6.43 Å². The molecule has 1 N–H and O–H groups in total. The summed E-state index contributed by atoms with van der Waals surface area (Å²) in [6.07, 6.45) is 2.06. The van der Waals surface area contributed by atoms with Crippen LogP contribution in [0.2, 0.25) is 5.02 Å². The van der Waals surface area contributed by atoms with Crippen LogP contribution in [0.5, 0.6) is 11.6 Å². The Morgan fingerprint density at radius 2 is 1.93 bits per heavy atom. The summed E-state index contributed by atoms with van der Waals surface area (Å²) in [7, 11) is 0. The summed E-state index contributed by atoms with van der Waals surface area (Å²) < 4.78 is 40.8. The summed E-state index contributed by atoms with van der Waals surface area (Å²) in [6.45, 7) is 7.54. The van der Waals surface area contributed by atoms with Gasteiger partial charge in [-0.05, 0) is 50.1 Å². The van der Waals surface area contributed by atoms with Gasteiger partial charge in [-0.25, -0.2) is 18.7 Å². The summed E-state index contributed by atoms with van der Waals surface area (Å²) in [6, 6.07) is 8.17. The number of imidazole rings is 1. The number of fused-ring (bicyclic) bond motifs is 1. The fourth-order valence-electron chi connectivity index (χ4n) is 4.73. The van der Waals surface area contributed by atoms with Gasteiger partial charge in [0.2, 0.25) is 5.88 Å². The number of nitrogens with zero attached hydrogens (tertiary/aromatic N) is 6. The highest BCUT2D eigenvalue weighted by Crippen LogP contribution is 2.41. The van der Waals surface area contributed by atoms with Crippen LogP contribution < -0.4 is 14.8 Å². The van der Waals surface area contributed by atoms with Crippen molar-refractivity contribution in [3.05, 3.63) is 59.1 Å². The number of halogens is 3. The molecule has 9 nitrogen and oxygen atoms in total. The monoisotopic (exact) mass is 569 g/mol. The quantitative estimate of drug-likeness (QED) is 0.293. The highest BCUT2D eigenvalue weighted by molar-refractivity contribution is 6.33. The van der Waals surface area contributed by atoms with Crippen LogP contribution in [0.25, 0.3) is 22.6 Å². The molecule has 0 bridgehead atoms. The first-order valence-corrected chi connectivity index (χ1v) is 13.8. The maximum Gasteiger partial charge on any atom is 0.263 e. The van der Waals surface area contributed by atoms with Crippen LogP contribution in [0.1, 0.15) is 37.4 Å². The molecule has 40 heavy (non-hydrogen) atoms. The largest absolute Gasteiger partial charge is 0.492 e. The van der Waals surface area contributed by atoms with Crippen LogP contribution in [0.15, 0.2) is 42.9 Å². The lowest BCUT2D eigenvalue weighted by molar-refractivity contribution is 0.151. The molecule has 4 aromatic rings. The highest BCUT2D eigenvalue weighted by Gasteiger charge is 2.41. The summed E-state index contributed by atoms with van der Waals surface area (Å²) in [5.74, 6) is 1.54. The minimum absolute atomic E-state index is 0.100. The molecule has 210 valence electrons. The molecule has 1 saturated heterocycles. The van der Waals surface area contributed by atoms with E-state index in [1.807, 2.05) is 23.6 Å². The van der Waals surface area contributed by atoms with E-state index in [9.17, 15) is 8.78 Å². The molecule has 1 aromatic carbocycles. The third kappa shape index (κ3) is 5.86. The van der Waals surface area contributed by atoms with Crippen molar-refractivity contribution < 1.29 is 18.3 Å². The first-order valence-electron chi connectivity index (χ1n) is 13.4. The average molecular weight is 570 g/mol. The minimum Gasteiger partial charge on any atom is -0.492 e. The molecule has 0 unspecified atom stereocenters. The maximum absolute atomic E-state index is 13.4. The summed E-state index contributed by atoms with van der Waals surface area (Å²) in [4.78, 5) is 20.4. The molecule has 3 aromatic heterocycles. The second-order valence-corrected chi connectivity index (χ2v) is 10.8. The lowest BCUT2D eigenvalue weighted by Gasteiger charge is -2.26. The first kappa shape index (κ1) is 26.8. The number of rotatable bonds is 10. The van der Waals surface area contributed by atoms with Crippen molar-refractivity contribution in [2.75, 3.05) is 39.3 Å². The molecule has 2 aliphatic rings. The zero-order chi connectivity index (χ0) is 27.7. The number of benzene rings is 1. The summed E-state index contributed by atoms with van der Waals surface area (Å²) in [5, 5.41) is 3.79. The van der Waals surface area contributed by atoms with Crippen LogP contribution in [0.3, 0.4) is 0 Å². The zero-order valence-electron chi connectivity index (χ0n) is 22.1. The molecule has 0 spiro atoms. The molecule has 6 rings (SSSR count). The van der Waals surface area contributed by atoms with E-state index in [0.717, 1.165) is 45.6 Å². The molecule has 2 fully saturated rings. The van der Waals surface area contributed by atoms with E-state index in [4.69, 9.17) is 26.1 Å². The number of ether oxygens (including phenoxy) is 2. The highest BCUT2D eigenvalue weighted by atomic mass is 35.5. The maximum atomic E-state index is 13.4. The van der Waals surface area contributed by atoms with Gasteiger partial charge in [-0.3, -0.25) is 9.88 Å². The normalized spacial score (nSPS) is 16.9. The number of alkyl halides is 2. The van der Waals surface area contributed by atoms with Crippen molar-refractivity contribution in [3.8, 4) is 23.0 Å². The molecular formula is C28H30ClF2N7O2. The predicted molar refractivity (Wildman–Crippen MR) is 147 cm³/mol. The average Bonchev–Trinajstić information content (AvgIpc) is 3.57. The van der Waals surface area contributed by atoms with Gasteiger partial charge in [0.05, 0.1) is 17.3 Å². The molecule has 0 radical (unpaired) electrons. The van der Waals surface area contributed by atoms with Crippen LogP contribution in [0, 0.1) is 0 Å². The van der Waals surface area contributed by atoms with Gasteiger partial charge in [0.15, 0.2) is 11.2 Å². The molecule has 0 atom stereocenters. The molecule has 1 aliphatic heterocycles. The Kier molecular flexibility index (Phi) is 7.52. The third-order valence-corrected chi connectivity index (χ3v) is 7.59. The molecule has 0 amide bonds. The number of pyridine rings is 1. The van der Waals surface area contributed by atoms with E-state index in [-0.39, 0.29) is 17.7 Å². The van der Waals surface area contributed by atoms with Gasteiger partial charge >= 0.3 is 0 Å². The summed E-state index contributed by atoms with van der Waals surface area (Å²) >= 11 is 6.78. The molecule has 12 heteroatoms. The van der Waals surface area contributed by atoms with Crippen molar-refractivity contribution in [1.82, 2.24) is 34.7 Å². The second kappa shape index (κ2) is 11.2. The van der Waals surface area contributed by atoms with E-state index in [1.165, 1.54) is 24.7 Å². The van der Waals surface area contributed by atoms with Gasteiger partial charge in [0.1, 0.15) is 30.1 Å². The number of piperazine rings is 1. The van der Waals surface area contributed by atoms with Gasteiger partial charge in [0, 0.05) is 50.0 Å². The van der Waals surface area contributed by atoms with Crippen molar-refractivity contribution in [2.24, 2.45) is 0 Å². The SMILES string of the molecule is CC1(Oc2ncnc3c2nc(-c2ccc(OCCN4CCNCC4)cc2Cl)n3Cc2cc(C(F)F)ccn2)CC1. The Bertz CT molecular complexity index is 1510. The first-order chi connectivity index (χ1) is 19.4. The van der Waals surface area contributed by atoms with Crippen LogP contribution in [-0.2, 0) is 6.54 Å². The van der Waals surface area contributed by atoms with Crippen LogP contribution in [0.4, 0.5) is 8.78 Å². The second-order valence-electron chi connectivity index (χ2n) is 10.4. The Balaban J connectivity index is 1.33. The molecule has 1 saturated carbocycles. The number of hydrogen-bond donors (Lipinski definition) is 1. The molecular weight excluding hydrogens is 540 g/mol. The van der Waals surface area contributed by atoms with Crippen molar-refractivity contribution in [2.45, 2.75) is 38.3 Å². The van der Waals surface area contributed by atoms with E-state index in [1.54, 1.807) is 6.07 Å². The lowest BCUT2D eigenvalue weighted by atomic mass is 10.2. The fraction of sp³-hybridized carbons (Fsp3) is 0.429. The van der Waals surface area contributed by atoms with E-state index < -0.39 is 6.43 Å². The predicted octanol–water partition coefficient (Wildman–Crippen LogP) is 4.74. The van der Waals surface area contributed by atoms with Gasteiger partial charge < -0.3 is 19.4 Å². The summed E-state index contributed by atoms with van der Waals surface area (Å²) in [5.41, 5.74) is 1.68. The Morgan fingerprint density at radius 1 is 1.10 bits per heavy atom. The third-order valence-electron chi connectivity index (χ3n) is 7.28. The van der Waals surface area contributed by atoms with E-state index >= 15 is 0 Å². The van der Waals surface area contributed by atoms with E-state index in [0.29, 0.717) is 51.5 Å². The molecule has 4 heterocycles. The zero-order valence-corrected chi connectivity index (χ0v) is 22.9. The topological polar surface area (TPSA) is 90.2 Å². The smallest absolute Gasteiger partial charge is 0.263 e. The lowest BCUT2D eigenvalue weighted by Crippen LogP contribution is -2.44. The van der Waals surface area contributed by atoms with Gasteiger partial charge in [-0.15, -0.1) is 0 Å².